The molecule has 0 unspecified atom stereocenters. The predicted molar refractivity (Wildman–Crippen MR) is 50.7 cm³/mol. The summed E-state index contributed by atoms with van der Waals surface area (Å²) < 4.78 is 4.45. The van der Waals surface area contributed by atoms with E-state index >= 15 is 0 Å². The van der Waals surface area contributed by atoms with Gasteiger partial charge in [0, 0.05) is 17.7 Å². The lowest BCUT2D eigenvalue weighted by Gasteiger charge is -2.03. The van der Waals surface area contributed by atoms with Crippen LogP contribution in [-0.4, -0.2) is 29.7 Å². The highest BCUT2D eigenvalue weighted by Gasteiger charge is 2.02. The van der Waals surface area contributed by atoms with Crippen molar-refractivity contribution in [3.63, 3.8) is 0 Å². The number of rotatable bonds is 5. The van der Waals surface area contributed by atoms with Crippen molar-refractivity contribution in [3.05, 3.63) is 24.3 Å². The van der Waals surface area contributed by atoms with Crippen LogP contribution >= 0.6 is 0 Å². The van der Waals surface area contributed by atoms with Gasteiger partial charge in [-0.15, -0.1) is 0 Å². The molecule has 0 aliphatic rings. The minimum absolute atomic E-state index is 0.284. The monoisotopic (exact) mass is 213 g/mol. The lowest BCUT2D eigenvalue weighted by Crippen LogP contribution is -2.27. The second-order valence-electron chi connectivity index (χ2n) is 2.57. The average molecular weight is 213 g/mol. The van der Waals surface area contributed by atoms with Crippen LogP contribution in [0.5, 0.6) is 0 Å². The van der Waals surface area contributed by atoms with Gasteiger partial charge in [0.2, 0.25) is 5.91 Å². The molecule has 0 aliphatic heterocycles. The van der Waals surface area contributed by atoms with Crippen molar-refractivity contribution in [2.24, 2.45) is 0 Å². The molecule has 1 amide bonds. The normalized spacial score (nSPS) is 9.67. The molecule has 0 aromatic rings. The van der Waals surface area contributed by atoms with Gasteiger partial charge in [-0.05, 0) is 6.92 Å². The Morgan fingerprint density at radius 3 is 2.47 bits per heavy atom. The summed E-state index contributed by atoms with van der Waals surface area (Å²) in [4.78, 5) is 31.6. The molecular weight excluding hydrogens is 202 g/mol. The van der Waals surface area contributed by atoms with Gasteiger partial charge in [-0.1, -0.05) is 6.58 Å². The molecule has 82 valence electrons. The van der Waals surface area contributed by atoms with Crippen molar-refractivity contribution in [2.45, 2.75) is 6.92 Å². The van der Waals surface area contributed by atoms with E-state index in [2.05, 4.69) is 16.6 Å². The third-order valence-corrected chi connectivity index (χ3v) is 1.20. The third kappa shape index (κ3) is 7.00. The molecule has 6 nitrogen and oxygen atoms in total. The van der Waals surface area contributed by atoms with E-state index in [0.29, 0.717) is 6.08 Å². The maximum Gasteiger partial charge on any atom is 0.332 e. The summed E-state index contributed by atoms with van der Waals surface area (Å²) in [6, 6.07) is 0. The maximum absolute atomic E-state index is 10.9. The fourth-order valence-electron chi connectivity index (χ4n) is 0.511. The van der Waals surface area contributed by atoms with E-state index in [0.717, 1.165) is 6.08 Å². The molecule has 0 fully saturated rings. The minimum atomic E-state index is -1.25. The summed E-state index contributed by atoms with van der Waals surface area (Å²) in [6.07, 6.45) is 1.39. The first-order valence-corrected chi connectivity index (χ1v) is 3.95. The molecule has 0 aliphatic carbocycles. The molecule has 6 heteroatoms. The van der Waals surface area contributed by atoms with Crippen molar-refractivity contribution in [1.29, 1.82) is 0 Å². The van der Waals surface area contributed by atoms with Crippen molar-refractivity contribution < 1.29 is 24.2 Å². The van der Waals surface area contributed by atoms with Gasteiger partial charge in [0.25, 0.3) is 0 Å². The van der Waals surface area contributed by atoms with Crippen molar-refractivity contribution in [3.8, 4) is 0 Å². The van der Waals surface area contributed by atoms with Crippen LogP contribution in [-0.2, 0) is 19.1 Å². The van der Waals surface area contributed by atoms with E-state index in [4.69, 9.17) is 5.11 Å². The molecule has 0 atom stereocenters. The number of amides is 1. The van der Waals surface area contributed by atoms with Crippen LogP contribution in [0.4, 0.5) is 0 Å². The SMILES string of the molecule is C=C(C)C(=O)NCOC(=O)/C=C\C(=O)O. The van der Waals surface area contributed by atoms with Crippen LogP contribution in [0.3, 0.4) is 0 Å². The Bertz CT molecular complexity index is 318. The Balaban J connectivity index is 3.78. The molecule has 0 rings (SSSR count). The number of hydrogen-bond donors (Lipinski definition) is 2. The number of carboxylic acids is 1. The Kier molecular flexibility index (Phi) is 5.47. The van der Waals surface area contributed by atoms with Crippen LogP contribution in [0, 0.1) is 0 Å². The second-order valence-corrected chi connectivity index (χ2v) is 2.57. The highest BCUT2D eigenvalue weighted by molar-refractivity contribution is 5.92. The van der Waals surface area contributed by atoms with Crippen LogP contribution in [0.15, 0.2) is 24.3 Å². The lowest BCUT2D eigenvalue weighted by molar-refractivity contribution is -0.140. The molecule has 0 aromatic heterocycles. The number of carbonyl (C=O) groups excluding carboxylic acids is 2. The van der Waals surface area contributed by atoms with Gasteiger partial charge < -0.3 is 15.2 Å². The highest BCUT2D eigenvalue weighted by atomic mass is 16.5. The number of carbonyl (C=O) groups is 3. The second kappa shape index (κ2) is 6.36. The van der Waals surface area contributed by atoms with Gasteiger partial charge in [0.15, 0.2) is 6.73 Å². The summed E-state index contributed by atoms with van der Waals surface area (Å²) in [7, 11) is 0. The smallest absolute Gasteiger partial charge is 0.332 e. The van der Waals surface area contributed by atoms with Gasteiger partial charge in [0.05, 0.1) is 0 Å². The van der Waals surface area contributed by atoms with E-state index in [1.807, 2.05) is 0 Å². The summed E-state index contributed by atoms with van der Waals surface area (Å²) in [5.41, 5.74) is 0.284. The Morgan fingerprint density at radius 2 is 2.00 bits per heavy atom. The predicted octanol–water partition coefficient (Wildman–Crippen LogP) is -0.180. The molecule has 0 saturated heterocycles. The zero-order valence-corrected chi connectivity index (χ0v) is 8.15. The summed E-state index contributed by atoms with van der Waals surface area (Å²) in [6.45, 7) is 4.54. The van der Waals surface area contributed by atoms with E-state index < -0.39 is 17.8 Å². The summed E-state index contributed by atoms with van der Waals surface area (Å²) >= 11 is 0. The van der Waals surface area contributed by atoms with Crippen LogP contribution in [0.1, 0.15) is 6.92 Å². The number of ether oxygens (including phenoxy) is 1. The van der Waals surface area contributed by atoms with Crippen molar-refractivity contribution in [2.75, 3.05) is 6.73 Å². The summed E-state index contributed by atoms with van der Waals surface area (Å²) in [5.74, 6) is -2.54. The topological polar surface area (TPSA) is 92.7 Å². The van der Waals surface area contributed by atoms with Gasteiger partial charge in [-0.3, -0.25) is 4.79 Å². The van der Waals surface area contributed by atoms with Crippen LogP contribution in [0.2, 0.25) is 0 Å². The Hall–Kier alpha value is -2.11. The van der Waals surface area contributed by atoms with E-state index in [9.17, 15) is 14.4 Å². The van der Waals surface area contributed by atoms with Crippen molar-refractivity contribution >= 4 is 17.8 Å². The van der Waals surface area contributed by atoms with Gasteiger partial charge in [-0.2, -0.15) is 0 Å². The molecule has 0 spiro atoms. The first kappa shape index (κ1) is 12.9. The number of carboxylic acid groups (broad SMARTS) is 1. The zero-order chi connectivity index (χ0) is 11.8. The van der Waals surface area contributed by atoms with Gasteiger partial charge in [-0.25, -0.2) is 9.59 Å². The molecule has 0 heterocycles. The van der Waals surface area contributed by atoms with E-state index in [-0.39, 0.29) is 12.3 Å². The average Bonchev–Trinajstić information content (AvgIpc) is 2.14. The molecule has 15 heavy (non-hydrogen) atoms. The largest absolute Gasteiger partial charge is 0.478 e. The standard InChI is InChI=1S/C9H11NO5/c1-6(2)9(14)10-5-15-8(13)4-3-7(11)12/h3-4H,1,5H2,2H3,(H,10,14)(H,11,12)/b4-3-. The number of nitrogens with one attached hydrogen (secondary N) is 1. The molecule has 2 N–H and O–H groups in total. The summed E-state index contributed by atoms with van der Waals surface area (Å²) in [5, 5.41) is 10.4. The fraction of sp³-hybridized carbons (Fsp3) is 0.222. The lowest BCUT2D eigenvalue weighted by atomic mass is 10.3. The number of aliphatic carboxylic acids is 1. The fourth-order valence-corrected chi connectivity index (χ4v) is 0.511. The third-order valence-electron chi connectivity index (χ3n) is 1.20. The number of esters is 1. The zero-order valence-electron chi connectivity index (χ0n) is 8.15. The molecule has 0 bridgehead atoms. The molecule has 0 saturated carbocycles. The minimum Gasteiger partial charge on any atom is -0.478 e. The first-order chi connectivity index (χ1) is 6.93. The van der Waals surface area contributed by atoms with Crippen LogP contribution < -0.4 is 5.32 Å². The van der Waals surface area contributed by atoms with Crippen LogP contribution in [0.25, 0.3) is 0 Å². The van der Waals surface area contributed by atoms with E-state index in [1.165, 1.54) is 6.92 Å². The first-order valence-electron chi connectivity index (χ1n) is 3.95. The van der Waals surface area contributed by atoms with E-state index in [1.54, 1.807) is 0 Å². The maximum atomic E-state index is 10.9. The Labute approximate surface area is 86.2 Å². The number of hydrogen-bond acceptors (Lipinski definition) is 4. The quantitative estimate of drug-likeness (QED) is 0.375. The molecule has 0 aromatic carbocycles. The van der Waals surface area contributed by atoms with Gasteiger partial charge >= 0.3 is 11.9 Å². The molecule has 0 radical (unpaired) electrons. The molecular formula is C9H11NO5. The Morgan fingerprint density at radius 1 is 1.40 bits per heavy atom. The highest BCUT2D eigenvalue weighted by Crippen LogP contribution is 1.86. The van der Waals surface area contributed by atoms with Crippen molar-refractivity contribution in [1.82, 2.24) is 5.32 Å². The van der Waals surface area contributed by atoms with Gasteiger partial charge in [0.1, 0.15) is 0 Å².